The third-order valence-electron chi connectivity index (χ3n) is 4.28. The second kappa shape index (κ2) is 7.02. The van der Waals surface area contributed by atoms with Crippen LogP contribution in [0.25, 0.3) is 11.2 Å². The molecule has 0 spiro atoms. The van der Waals surface area contributed by atoms with E-state index in [9.17, 15) is 18.0 Å². The fourth-order valence-corrected chi connectivity index (χ4v) is 3.11. The quantitative estimate of drug-likeness (QED) is 0.371. The molecule has 11 heteroatoms. The van der Waals surface area contributed by atoms with Crippen molar-refractivity contribution in [2.45, 2.75) is 24.7 Å². The van der Waals surface area contributed by atoms with Crippen molar-refractivity contribution in [1.29, 1.82) is 0 Å². The Kier molecular flexibility index (Phi) is 4.68. The molecule has 0 amide bonds. The lowest BCUT2D eigenvalue weighted by Crippen LogP contribution is -2.33. The Balaban J connectivity index is 1.51. The van der Waals surface area contributed by atoms with E-state index in [0.717, 1.165) is 4.57 Å². The van der Waals surface area contributed by atoms with Crippen LogP contribution in [0.15, 0.2) is 36.7 Å². The van der Waals surface area contributed by atoms with Crippen LogP contribution in [0.2, 0.25) is 5.15 Å². The van der Waals surface area contributed by atoms with Crippen LogP contribution >= 0.6 is 11.6 Å². The van der Waals surface area contributed by atoms with Crippen LogP contribution in [0.5, 0.6) is 0 Å². The highest BCUT2D eigenvalue weighted by Gasteiger charge is 2.51. The van der Waals surface area contributed by atoms with Crippen molar-refractivity contribution in [3.8, 4) is 0 Å². The zero-order valence-corrected chi connectivity index (χ0v) is 14.8. The molecule has 1 aliphatic rings. The molecule has 1 saturated heterocycles. The van der Waals surface area contributed by atoms with E-state index in [-0.39, 0.29) is 21.9 Å². The molecule has 146 valence electrons. The lowest BCUT2D eigenvalue weighted by atomic mass is 10.1. The number of nitrogens with zero attached hydrogens (tertiary/aromatic N) is 4. The Bertz CT molecular complexity index is 1030. The standard InChI is InChI=1S/C17H12ClF3N4O3/c18-13-12-14(24-16(19)23-13)25(8-22-12)11-6-17(20,21)10(28-11)7-27-15(26)9-4-2-1-3-5-9/h1-5,8,10-11H,6-7H2/t10-,11+/m0/s1. The zero-order chi connectivity index (χ0) is 19.9. The van der Waals surface area contributed by atoms with Crippen molar-refractivity contribution in [3.63, 3.8) is 0 Å². The van der Waals surface area contributed by atoms with Gasteiger partial charge in [0, 0.05) is 0 Å². The maximum Gasteiger partial charge on any atom is 0.338 e. The van der Waals surface area contributed by atoms with Gasteiger partial charge in [-0.15, -0.1) is 0 Å². The van der Waals surface area contributed by atoms with Gasteiger partial charge in [0.1, 0.15) is 18.4 Å². The summed E-state index contributed by atoms with van der Waals surface area (Å²) in [5.74, 6) is -4.02. The summed E-state index contributed by atoms with van der Waals surface area (Å²) in [7, 11) is 0. The van der Waals surface area contributed by atoms with Crippen molar-refractivity contribution in [1.82, 2.24) is 19.5 Å². The molecule has 1 aliphatic heterocycles. The molecule has 0 N–H and O–H groups in total. The van der Waals surface area contributed by atoms with Crippen LogP contribution in [0.1, 0.15) is 23.0 Å². The van der Waals surface area contributed by atoms with Gasteiger partial charge in [0.05, 0.1) is 18.3 Å². The Morgan fingerprint density at radius 1 is 1.32 bits per heavy atom. The first kappa shape index (κ1) is 18.6. The van der Waals surface area contributed by atoms with Crippen LogP contribution in [-0.2, 0) is 9.47 Å². The maximum absolute atomic E-state index is 14.4. The molecule has 0 radical (unpaired) electrons. The number of imidazole rings is 1. The van der Waals surface area contributed by atoms with E-state index in [0.29, 0.717) is 0 Å². The predicted octanol–water partition coefficient (Wildman–Crippen LogP) is 3.40. The Labute approximate surface area is 161 Å². The Morgan fingerprint density at radius 3 is 2.82 bits per heavy atom. The molecule has 4 rings (SSSR count). The molecule has 0 unspecified atom stereocenters. The molecule has 7 nitrogen and oxygen atoms in total. The largest absolute Gasteiger partial charge is 0.459 e. The zero-order valence-electron chi connectivity index (χ0n) is 14.1. The number of rotatable bonds is 4. The summed E-state index contributed by atoms with van der Waals surface area (Å²) in [6.07, 6.45) is -3.54. The minimum absolute atomic E-state index is 0.0638. The second-order valence-electron chi connectivity index (χ2n) is 6.12. The van der Waals surface area contributed by atoms with Crippen LogP contribution in [0.3, 0.4) is 0 Å². The molecule has 1 aromatic carbocycles. The van der Waals surface area contributed by atoms with Crippen molar-refractivity contribution in [2.75, 3.05) is 6.61 Å². The van der Waals surface area contributed by atoms with Crippen LogP contribution < -0.4 is 0 Å². The number of carbonyl (C=O) groups is 1. The van der Waals surface area contributed by atoms with E-state index in [1.807, 2.05) is 0 Å². The third-order valence-corrected chi connectivity index (χ3v) is 4.54. The van der Waals surface area contributed by atoms with Crippen molar-refractivity contribution in [2.24, 2.45) is 0 Å². The van der Waals surface area contributed by atoms with Gasteiger partial charge >= 0.3 is 12.0 Å². The van der Waals surface area contributed by atoms with Gasteiger partial charge in [-0.2, -0.15) is 14.4 Å². The summed E-state index contributed by atoms with van der Waals surface area (Å²) in [4.78, 5) is 22.8. The van der Waals surface area contributed by atoms with Gasteiger partial charge in [0.2, 0.25) is 0 Å². The highest BCUT2D eigenvalue weighted by molar-refractivity contribution is 6.33. The summed E-state index contributed by atoms with van der Waals surface area (Å²) in [5.41, 5.74) is 0.233. The molecule has 2 aromatic heterocycles. The van der Waals surface area contributed by atoms with E-state index in [1.54, 1.807) is 18.2 Å². The topological polar surface area (TPSA) is 79.1 Å². The first-order valence-electron chi connectivity index (χ1n) is 8.16. The van der Waals surface area contributed by atoms with Crippen LogP contribution in [-0.4, -0.2) is 44.1 Å². The number of benzene rings is 1. The van der Waals surface area contributed by atoms with Crippen molar-refractivity contribution < 1.29 is 27.4 Å². The number of alkyl halides is 2. The van der Waals surface area contributed by atoms with Gasteiger partial charge in [-0.25, -0.2) is 18.6 Å². The lowest BCUT2D eigenvalue weighted by Gasteiger charge is -2.17. The van der Waals surface area contributed by atoms with Gasteiger partial charge in [-0.05, 0) is 12.1 Å². The minimum Gasteiger partial charge on any atom is -0.459 e. The number of halogens is 4. The fraction of sp³-hybridized carbons (Fsp3) is 0.294. The van der Waals surface area contributed by atoms with Crippen LogP contribution in [0, 0.1) is 6.08 Å². The Hall–Kier alpha value is -2.72. The smallest absolute Gasteiger partial charge is 0.338 e. The van der Waals surface area contributed by atoms with E-state index < -0.39 is 43.3 Å². The summed E-state index contributed by atoms with van der Waals surface area (Å²) in [6, 6.07) is 7.99. The van der Waals surface area contributed by atoms with Crippen molar-refractivity contribution >= 4 is 28.7 Å². The number of ether oxygens (including phenoxy) is 2. The molecule has 3 heterocycles. The highest BCUT2D eigenvalue weighted by Crippen LogP contribution is 2.42. The number of carbonyl (C=O) groups excluding carboxylic acids is 1. The number of hydrogen-bond donors (Lipinski definition) is 0. The van der Waals surface area contributed by atoms with Gasteiger partial charge < -0.3 is 9.47 Å². The monoisotopic (exact) mass is 412 g/mol. The van der Waals surface area contributed by atoms with Crippen LogP contribution in [0.4, 0.5) is 13.2 Å². The number of hydrogen-bond acceptors (Lipinski definition) is 6. The number of aromatic nitrogens is 4. The second-order valence-corrected chi connectivity index (χ2v) is 6.47. The SMILES string of the molecule is O=C(OC[C@@H]1O[C@@H](n2cnc3c(Cl)nc(F)nc32)CC1(F)F)c1ccccc1. The Morgan fingerprint density at radius 2 is 2.07 bits per heavy atom. The average Bonchev–Trinajstić information content (AvgIpc) is 3.20. The minimum atomic E-state index is -3.28. The molecule has 3 aromatic rings. The maximum atomic E-state index is 14.4. The van der Waals surface area contributed by atoms with E-state index >= 15 is 0 Å². The first-order valence-corrected chi connectivity index (χ1v) is 8.54. The summed E-state index contributed by atoms with van der Waals surface area (Å²) in [5, 5.41) is -0.237. The normalized spacial score (nSPS) is 21.1. The molecule has 0 aliphatic carbocycles. The van der Waals surface area contributed by atoms with E-state index in [2.05, 4.69) is 15.0 Å². The number of fused-ring (bicyclic) bond motifs is 1. The molecule has 1 fully saturated rings. The van der Waals surface area contributed by atoms with Gasteiger partial charge in [-0.3, -0.25) is 4.57 Å². The van der Waals surface area contributed by atoms with Gasteiger partial charge in [0.15, 0.2) is 16.9 Å². The number of esters is 1. The lowest BCUT2D eigenvalue weighted by molar-refractivity contribution is -0.104. The summed E-state index contributed by atoms with van der Waals surface area (Å²) < 4.78 is 53.7. The third kappa shape index (κ3) is 3.40. The van der Waals surface area contributed by atoms with Crippen molar-refractivity contribution in [3.05, 3.63) is 53.5 Å². The molecule has 0 saturated carbocycles. The highest BCUT2D eigenvalue weighted by atomic mass is 35.5. The molecular weight excluding hydrogens is 401 g/mol. The van der Waals surface area contributed by atoms with Gasteiger partial charge in [0.25, 0.3) is 5.92 Å². The fourth-order valence-electron chi connectivity index (χ4n) is 2.90. The molecule has 2 atom stereocenters. The molecule has 0 bridgehead atoms. The summed E-state index contributed by atoms with van der Waals surface area (Å²) in [6.45, 7) is -0.645. The first-order chi connectivity index (χ1) is 13.3. The van der Waals surface area contributed by atoms with E-state index in [1.165, 1.54) is 18.5 Å². The van der Waals surface area contributed by atoms with Gasteiger partial charge in [-0.1, -0.05) is 29.8 Å². The summed E-state index contributed by atoms with van der Waals surface area (Å²) >= 11 is 5.80. The average molecular weight is 413 g/mol. The van der Waals surface area contributed by atoms with E-state index in [4.69, 9.17) is 21.1 Å². The molecular formula is C17H12ClF3N4O3. The molecule has 28 heavy (non-hydrogen) atoms. The predicted molar refractivity (Wildman–Crippen MR) is 90.5 cm³/mol.